The molecule has 2 aromatic rings. The van der Waals surface area contributed by atoms with Gasteiger partial charge in [-0.25, -0.2) is 8.60 Å². The molecule has 0 fully saturated rings. The lowest BCUT2D eigenvalue weighted by Crippen LogP contribution is -2.40. The standard InChI is InChI=1S/C26H35FN2O4S/c1-18(30)28-34(32,17-27)22-9-8-20-15-29(16-21(20)14-22)26(5,6)12-11-19-7-10-23(31)24(13-19)33-25(2,3)4/h7-10,13-14,31H,11-12,15-17H2,1-6H3. The van der Waals surface area contributed by atoms with Gasteiger partial charge in [0.25, 0.3) is 5.91 Å². The van der Waals surface area contributed by atoms with Gasteiger partial charge in [0, 0.05) is 25.6 Å². The lowest BCUT2D eigenvalue weighted by Gasteiger charge is -2.35. The van der Waals surface area contributed by atoms with Crippen molar-refractivity contribution in [3.63, 3.8) is 0 Å². The van der Waals surface area contributed by atoms with Crippen molar-refractivity contribution in [1.82, 2.24) is 4.90 Å². The molecule has 186 valence electrons. The number of phenolic OH excluding ortho intramolecular Hbond substituents is 1. The maximum atomic E-state index is 13.6. The molecule has 3 rings (SSSR count). The Balaban J connectivity index is 1.73. The zero-order chi connectivity index (χ0) is 25.3. The van der Waals surface area contributed by atoms with Crippen LogP contribution in [0.4, 0.5) is 4.39 Å². The summed E-state index contributed by atoms with van der Waals surface area (Å²) in [5.41, 5.74) is 2.62. The van der Waals surface area contributed by atoms with E-state index in [0.717, 1.165) is 36.1 Å². The number of ether oxygens (including phenoxy) is 1. The first kappa shape index (κ1) is 26.2. The summed E-state index contributed by atoms with van der Waals surface area (Å²) in [6, 6.07) is 9.51. The fraction of sp³-hybridized carbons (Fsp3) is 0.500. The lowest BCUT2D eigenvalue weighted by molar-refractivity contribution is -0.115. The number of carbonyl (C=O) groups excluding carboxylic acids is 1. The summed E-state index contributed by atoms with van der Waals surface area (Å²) in [7, 11) is -3.39. The molecule has 1 unspecified atom stereocenters. The predicted octanol–water partition coefficient (Wildman–Crippen LogP) is 5.60. The van der Waals surface area contributed by atoms with Crippen molar-refractivity contribution in [2.45, 2.75) is 83.5 Å². The molecule has 8 heteroatoms. The van der Waals surface area contributed by atoms with E-state index >= 15 is 0 Å². The quantitative estimate of drug-likeness (QED) is 0.547. The largest absolute Gasteiger partial charge is 0.504 e. The molecule has 0 aliphatic carbocycles. The number of aryl methyl sites for hydroxylation is 1. The Labute approximate surface area is 202 Å². The van der Waals surface area contributed by atoms with Crippen LogP contribution in [0.5, 0.6) is 11.5 Å². The minimum atomic E-state index is -3.39. The van der Waals surface area contributed by atoms with Crippen LogP contribution in [0.15, 0.2) is 45.7 Å². The molecule has 0 radical (unpaired) electrons. The minimum Gasteiger partial charge on any atom is -0.504 e. The van der Waals surface area contributed by atoms with Gasteiger partial charge >= 0.3 is 0 Å². The summed E-state index contributed by atoms with van der Waals surface area (Å²) < 4.78 is 35.8. The number of fused-ring (bicyclic) bond motifs is 1. The molecule has 0 saturated carbocycles. The second kappa shape index (κ2) is 9.66. The molecule has 1 N–H and O–H groups in total. The second-order valence-electron chi connectivity index (χ2n) is 10.5. The third-order valence-corrected chi connectivity index (χ3v) is 7.85. The number of phenols is 1. The molecular weight excluding hydrogens is 455 g/mol. The fourth-order valence-corrected chi connectivity index (χ4v) is 5.38. The van der Waals surface area contributed by atoms with Crippen molar-refractivity contribution in [3.05, 3.63) is 53.1 Å². The fourth-order valence-electron chi connectivity index (χ4n) is 4.08. The highest BCUT2D eigenvalue weighted by molar-refractivity contribution is 7.93. The van der Waals surface area contributed by atoms with Gasteiger partial charge in [-0.2, -0.15) is 4.36 Å². The van der Waals surface area contributed by atoms with Gasteiger partial charge in [0.15, 0.2) is 17.5 Å². The van der Waals surface area contributed by atoms with Crippen LogP contribution in [-0.2, 0) is 34.0 Å². The molecule has 0 spiro atoms. The van der Waals surface area contributed by atoms with E-state index in [-0.39, 0.29) is 16.2 Å². The molecule has 34 heavy (non-hydrogen) atoms. The number of carbonyl (C=O) groups is 1. The van der Waals surface area contributed by atoms with Gasteiger partial charge in [-0.3, -0.25) is 9.69 Å². The third kappa shape index (κ3) is 6.16. The van der Waals surface area contributed by atoms with Crippen LogP contribution in [0.3, 0.4) is 0 Å². The highest BCUT2D eigenvalue weighted by atomic mass is 32.2. The zero-order valence-corrected chi connectivity index (χ0v) is 21.7. The molecule has 1 aliphatic rings. The summed E-state index contributed by atoms with van der Waals surface area (Å²) in [6.45, 7) is 12.8. The first-order chi connectivity index (χ1) is 15.7. The van der Waals surface area contributed by atoms with E-state index in [2.05, 4.69) is 23.1 Å². The molecule has 2 aromatic carbocycles. The molecular formula is C26H35FN2O4S. The summed E-state index contributed by atoms with van der Waals surface area (Å²) in [5.74, 6) is -0.0300. The third-order valence-electron chi connectivity index (χ3n) is 6.01. The van der Waals surface area contributed by atoms with Crippen LogP contribution in [0.2, 0.25) is 0 Å². The average molecular weight is 491 g/mol. The Kier molecular flexibility index (Phi) is 7.43. The van der Waals surface area contributed by atoms with E-state index in [1.165, 1.54) is 6.92 Å². The number of hydrogen-bond acceptors (Lipinski definition) is 5. The van der Waals surface area contributed by atoms with Crippen molar-refractivity contribution < 1.29 is 23.2 Å². The van der Waals surface area contributed by atoms with Gasteiger partial charge in [-0.1, -0.05) is 12.1 Å². The van der Waals surface area contributed by atoms with Crippen LogP contribution in [0, 0.1) is 0 Å². The van der Waals surface area contributed by atoms with Gasteiger partial charge in [0.05, 0.1) is 4.90 Å². The molecule has 0 saturated heterocycles. The van der Waals surface area contributed by atoms with E-state index in [1.807, 2.05) is 39.0 Å². The SMILES string of the molecule is CC(=O)N=S(=O)(CF)c1ccc2c(c1)CN(C(C)(C)CCc1ccc(O)c(OC(C)(C)C)c1)C2. The van der Waals surface area contributed by atoms with Crippen molar-refractivity contribution in [2.75, 3.05) is 6.01 Å². The maximum Gasteiger partial charge on any atom is 0.251 e. The number of benzene rings is 2. The van der Waals surface area contributed by atoms with Gasteiger partial charge in [0.1, 0.15) is 15.3 Å². The molecule has 1 amide bonds. The number of hydrogen-bond donors (Lipinski definition) is 1. The molecule has 1 heterocycles. The van der Waals surface area contributed by atoms with E-state index in [1.54, 1.807) is 18.2 Å². The first-order valence-electron chi connectivity index (χ1n) is 11.4. The number of aromatic hydroxyl groups is 1. The summed E-state index contributed by atoms with van der Waals surface area (Å²) >= 11 is 0. The highest BCUT2D eigenvalue weighted by Crippen LogP contribution is 2.35. The number of amides is 1. The molecule has 0 aromatic heterocycles. The number of alkyl halides is 1. The minimum absolute atomic E-state index is 0.130. The molecule has 1 aliphatic heterocycles. The summed E-state index contributed by atoms with van der Waals surface area (Å²) in [4.78, 5) is 14.0. The normalized spacial score (nSPS) is 16.1. The van der Waals surface area contributed by atoms with Crippen LogP contribution in [0.25, 0.3) is 0 Å². The van der Waals surface area contributed by atoms with E-state index in [0.29, 0.717) is 12.3 Å². The average Bonchev–Trinajstić information content (AvgIpc) is 3.17. The van der Waals surface area contributed by atoms with Crippen molar-refractivity contribution in [2.24, 2.45) is 4.36 Å². The Hall–Kier alpha value is -2.45. The van der Waals surface area contributed by atoms with Gasteiger partial charge in [-0.05, 0) is 88.4 Å². The zero-order valence-electron chi connectivity index (χ0n) is 20.9. The van der Waals surface area contributed by atoms with Crippen molar-refractivity contribution in [3.8, 4) is 11.5 Å². The Morgan fingerprint density at radius 3 is 2.41 bits per heavy atom. The monoisotopic (exact) mass is 490 g/mol. The Bertz CT molecular complexity index is 1190. The first-order valence-corrected chi connectivity index (χ1v) is 13.1. The van der Waals surface area contributed by atoms with Crippen molar-refractivity contribution >= 4 is 15.6 Å². The van der Waals surface area contributed by atoms with Gasteiger partial charge < -0.3 is 9.84 Å². The Morgan fingerprint density at radius 1 is 1.12 bits per heavy atom. The molecule has 1 atom stereocenters. The molecule has 0 bridgehead atoms. The van der Waals surface area contributed by atoms with Crippen LogP contribution >= 0.6 is 0 Å². The molecule has 6 nitrogen and oxygen atoms in total. The summed E-state index contributed by atoms with van der Waals surface area (Å²) in [5, 5.41) is 10.1. The highest BCUT2D eigenvalue weighted by Gasteiger charge is 2.32. The summed E-state index contributed by atoms with van der Waals surface area (Å²) in [6.07, 6.45) is 1.67. The second-order valence-corrected chi connectivity index (χ2v) is 12.6. The number of halogens is 1. The van der Waals surface area contributed by atoms with E-state index < -0.39 is 27.2 Å². The lowest BCUT2D eigenvalue weighted by atomic mass is 9.93. The maximum absolute atomic E-state index is 13.6. The predicted molar refractivity (Wildman–Crippen MR) is 132 cm³/mol. The smallest absolute Gasteiger partial charge is 0.251 e. The van der Waals surface area contributed by atoms with Gasteiger partial charge in [-0.15, -0.1) is 0 Å². The van der Waals surface area contributed by atoms with Crippen molar-refractivity contribution in [1.29, 1.82) is 0 Å². The van der Waals surface area contributed by atoms with Crippen LogP contribution in [-0.4, -0.2) is 37.3 Å². The number of rotatable bonds is 7. The van der Waals surface area contributed by atoms with Crippen LogP contribution in [0.1, 0.15) is 64.7 Å². The number of nitrogens with zero attached hydrogens (tertiary/aromatic N) is 2. The topological polar surface area (TPSA) is 79.2 Å². The van der Waals surface area contributed by atoms with E-state index in [4.69, 9.17) is 4.74 Å². The van der Waals surface area contributed by atoms with Crippen LogP contribution < -0.4 is 4.74 Å². The van der Waals surface area contributed by atoms with Gasteiger partial charge in [0.2, 0.25) is 0 Å². The Morgan fingerprint density at radius 2 is 1.79 bits per heavy atom. The van der Waals surface area contributed by atoms with E-state index in [9.17, 15) is 18.5 Å².